The van der Waals surface area contributed by atoms with Crippen LogP contribution in [0.15, 0.2) is 0 Å². The van der Waals surface area contributed by atoms with Crippen molar-refractivity contribution >= 4 is 0 Å². The molecular formula is C15H27N3. The van der Waals surface area contributed by atoms with E-state index in [9.17, 15) is 0 Å². The molecule has 1 fully saturated rings. The highest BCUT2D eigenvalue weighted by Gasteiger charge is 2.14. The Morgan fingerprint density at radius 3 is 2.61 bits per heavy atom. The van der Waals surface area contributed by atoms with E-state index in [1.165, 1.54) is 55.5 Å². The fourth-order valence-electron chi connectivity index (χ4n) is 3.10. The number of aryl methyl sites for hydroxylation is 2. The first kappa shape index (κ1) is 13.6. The molecule has 1 N–H and O–H groups in total. The Balaban J connectivity index is 1.65. The first-order chi connectivity index (χ1) is 8.68. The van der Waals surface area contributed by atoms with Crippen LogP contribution in [0.3, 0.4) is 0 Å². The molecule has 3 nitrogen and oxygen atoms in total. The summed E-state index contributed by atoms with van der Waals surface area (Å²) in [5, 5.41) is 8.02. The van der Waals surface area contributed by atoms with Crippen molar-refractivity contribution in [3.05, 3.63) is 17.0 Å². The van der Waals surface area contributed by atoms with E-state index in [1.807, 2.05) is 11.7 Å². The minimum atomic E-state index is 0.968. The van der Waals surface area contributed by atoms with Gasteiger partial charge in [-0.1, -0.05) is 25.7 Å². The van der Waals surface area contributed by atoms with Crippen LogP contribution in [-0.2, 0) is 13.6 Å². The van der Waals surface area contributed by atoms with Crippen molar-refractivity contribution in [3.8, 4) is 0 Å². The molecule has 1 aliphatic rings. The van der Waals surface area contributed by atoms with Crippen LogP contribution >= 0.6 is 0 Å². The second-order valence-electron chi connectivity index (χ2n) is 5.74. The number of hydrogen-bond donors (Lipinski definition) is 1. The lowest BCUT2D eigenvalue weighted by Gasteiger charge is -2.09. The van der Waals surface area contributed by atoms with Crippen LogP contribution in [0.5, 0.6) is 0 Å². The monoisotopic (exact) mass is 249 g/mol. The van der Waals surface area contributed by atoms with Crippen molar-refractivity contribution in [2.75, 3.05) is 6.54 Å². The van der Waals surface area contributed by atoms with Crippen molar-refractivity contribution in [1.82, 2.24) is 15.1 Å². The van der Waals surface area contributed by atoms with Gasteiger partial charge in [-0.3, -0.25) is 4.68 Å². The van der Waals surface area contributed by atoms with Crippen LogP contribution in [0.4, 0.5) is 0 Å². The molecule has 0 amide bonds. The number of nitrogens with one attached hydrogen (secondary N) is 1. The van der Waals surface area contributed by atoms with E-state index in [0.717, 1.165) is 19.0 Å². The summed E-state index contributed by atoms with van der Waals surface area (Å²) >= 11 is 0. The van der Waals surface area contributed by atoms with Gasteiger partial charge in [-0.25, -0.2) is 0 Å². The van der Waals surface area contributed by atoms with E-state index in [2.05, 4.69) is 24.3 Å². The average molecular weight is 249 g/mol. The van der Waals surface area contributed by atoms with E-state index in [0.29, 0.717) is 0 Å². The summed E-state index contributed by atoms with van der Waals surface area (Å²) in [7, 11) is 2.02. The molecule has 0 radical (unpaired) electrons. The van der Waals surface area contributed by atoms with Crippen LogP contribution < -0.4 is 5.32 Å². The number of aromatic nitrogens is 2. The van der Waals surface area contributed by atoms with Gasteiger partial charge in [-0.05, 0) is 39.2 Å². The minimum absolute atomic E-state index is 0.968. The minimum Gasteiger partial charge on any atom is -0.313 e. The molecule has 1 saturated carbocycles. The highest BCUT2D eigenvalue weighted by molar-refractivity contribution is 5.23. The second-order valence-corrected chi connectivity index (χ2v) is 5.74. The Hall–Kier alpha value is -0.830. The van der Waals surface area contributed by atoms with E-state index >= 15 is 0 Å². The maximum absolute atomic E-state index is 4.45. The molecule has 2 rings (SSSR count). The molecule has 0 spiro atoms. The zero-order valence-corrected chi connectivity index (χ0v) is 12.1. The molecule has 1 aliphatic carbocycles. The van der Waals surface area contributed by atoms with Gasteiger partial charge in [0.2, 0.25) is 0 Å². The van der Waals surface area contributed by atoms with E-state index in [1.54, 1.807) is 0 Å². The van der Waals surface area contributed by atoms with E-state index in [-0.39, 0.29) is 0 Å². The summed E-state index contributed by atoms with van der Waals surface area (Å²) in [5.74, 6) is 1.02. The van der Waals surface area contributed by atoms with Crippen LogP contribution in [-0.4, -0.2) is 16.3 Å². The third-order valence-corrected chi connectivity index (χ3v) is 4.40. The van der Waals surface area contributed by atoms with Gasteiger partial charge in [0.05, 0.1) is 5.69 Å². The van der Waals surface area contributed by atoms with Crippen molar-refractivity contribution < 1.29 is 0 Å². The van der Waals surface area contributed by atoms with Gasteiger partial charge in [-0.15, -0.1) is 0 Å². The third-order valence-electron chi connectivity index (χ3n) is 4.40. The normalized spacial score (nSPS) is 16.6. The number of nitrogens with zero attached hydrogens (tertiary/aromatic N) is 2. The molecular weight excluding hydrogens is 222 g/mol. The highest BCUT2D eigenvalue weighted by atomic mass is 15.3. The number of hydrogen-bond acceptors (Lipinski definition) is 2. The van der Waals surface area contributed by atoms with Crippen molar-refractivity contribution in [2.24, 2.45) is 13.0 Å². The smallest absolute Gasteiger partial charge is 0.0641 e. The van der Waals surface area contributed by atoms with Crippen LogP contribution in [0.2, 0.25) is 0 Å². The summed E-state index contributed by atoms with van der Waals surface area (Å²) in [5.41, 5.74) is 3.83. The Morgan fingerprint density at radius 2 is 2.00 bits per heavy atom. The van der Waals surface area contributed by atoms with Crippen molar-refractivity contribution in [3.63, 3.8) is 0 Å². The molecule has 1 aromatic heterocycles. The average Bonchev–Trinajstić information content (AvgIpc) is 2.92. The van der Waals surface area contributed by atoms with Gasteiger partial charge in [-0.2, -0.15) is 5.10 Å². The zero-order chi connectivity index (χ0) is 13.0. The Morgan fingerprint density at radius 1 is 1.28 bits per heavy atom. The van der Waals surface area contributed by atoms with Crippen molar-refractivity contribution in [1.29, 1.82) is 0 Å². The molecule has 3 heteroatoms. The molecule has 0 saturated heterocycles. The van der Waals surface area contributed by atoms with Gasteiger partial charge in [0.1, 0.15) is 0 Å². The molecule has 1 aromatic rings. The maximum Gasteiger partial charge on any atom is 0.0641 e. The molecule has 0 bridgehead atoms. The first-order valence-corrected chi connectivity index (χ1v) is 7.38. The molecule has 0 atom stereocenters. The predicted octanol–water partition coefficient (Wildman–Crippen LogP) is 3.10. The fraction of sp³-hybridized carbons (Fsp3) is 0.800. The molecule has 1 heterocycles. The lowest BCUT2D eigenvalue weighted by molar-refractivity contribution is 0.470. The van der Waals surface area contributed by atoms with Gasteiger partial charge < -0.3 is 5.32 Å². The van der Waals surface area contributed by atoms with Gasteiger partial charge in [0.15, 0.2) is 0 Å². The lowest BCUT2D eigenvalue weighted by atomic mass is 10.0. The third kappa shape index (κ3) is 3.35. The first-order valence-electron chi connectivity index (χ1n) is 7.38. The molecule has 0 aromatic carbocycles. The summed E-state index contributed by atoms with van der Waals surface area (Å²) in [6.07, 6.45) is 8.61. The van der Waals surface area contributed by atoms with E-state index < -0.39 is 0 Å². The molecule has 18 heavy (non-hydrogen) atoms. The van der Waals surface area contributed by atoms with Gasteiger partial charge >= 0.3 is 0 Å². The molecule has 102 valence electrons. The molecule has 0 aliphatic heterocycles. The number of rotatable bonds is 6. The largest absolute Gasteiger partial charge is 0.313 e. The summed E-state index contributed by atoms with van der Waals surface area (Å²) in [6.45, 7) is 6.36. The standard InChI is InChI=1S/C15H27N3/c1-12-15(13(2)18(3)17-12)11-16-10-6-9-14-7-4-5-8-14/h14,16H,4-11H2,1-3H3. The zero-order valence-electron chi connectivity index (χ0n) is 12.1. The quantitative estimate of drug-likeness (QED) is 0.785. The summed E-state index contributed by atoms with van der Waals surface area (Å²) < 4.78 is 1.98. The topological polar surface area (TPSA) is 29.9 Å². The maximum atomic E-state index is 4.45. The van der Waals surface area contributed by atoms with Gasteiger partial charge in [0.25, 0.3) is 0 Å². The highest BCUT2D eigenvalue weighted by Crippen LogP contribution is 2.28. The van der Waals surface area contributed by atoms with Crippen LogP contribution in [0.1, 0.15) is 55.5 Å². The lowest BCUT2D eigenvalue weighted by Crippen LogP contribution is -2.16. The summed E-state index contributed by atoms with van der Waals surface area (Å²) in [6, 6.07) is 0. The van der Waals surface area contributed by atoms with Crippen LogP contribution in [0, 0.1) is 19.8 Å². The molecule has 0 unspecified atom stereocenters. The summed E-state index contributed by atoms with van der Waals surface area (Å²) in [4.78, 5) is 0. The van der Waals surface area contributed by atoms with Gasteiger partial charge in [0, 0.05) is 24.8 Å². The Bertz CT molecular complexity index is 375. The second kappa shape index (κ2) is 6.37. The Kier molecular flexibility index (Phi) is 4.81. The van der Waals surface area contributed by atoms with E-state index in [4.69, 9.17) is 0 Å². The van der Waals surface area contributed by atoms with Crippen molar-refractivity contribution in [2.45, 2.75) is 58.9 Å². The fourth-order valence-corrected chi connectivity index (χ4v) is 3.10. The Labute approximate surface area is 111 Å². The predicted molar refractivity (Wildman–Crippen MR) is 75.6 cm³/mol. The SMILES string of the molecule is Cc1nn(C)c(C)c1CNCCCC1CCCC1. The van der Waals surface area contributed by atoms with Crippen LogP contribution in [0.25, 0.3) is 0 Å².